The molecule has 0 atom stereocenters. The van der Waals surface area contributed by atoms with Crippen molar-refractivity contribution in [3.05, 3.63) is 57.2 Å². The Kier molecular flexibility index (Phi) is 4.74. The third-order valence-electron chi connectivity index (χ3n) is 2.79. The number of pyridine rings is 1. The van der Waals surface area contributed by atoms with Crippen molar-refractivity contribution in [3.8, 4) is 5.75 Å². The summed E-state index contributed by atoms with van der Waals surface area (Å²) in [5.41, 5.74) is 1.69. The number of rotatable bonds is 4. The fourth-order valence-electron chi connectivity index (χ4n) is 1.74. The second-order valence-electron chi connectivity index (χ2n) is 4.62. The summed E-state index contributed by atoms with van der Waals surface area (Å²) in [4.78, 5) is 4.15. The van der Waals surface area contributed by atoms with E-state index in [1.165, 1.54) is 6.07 Å². The quantitative estimate of drug-likeness (QED) is 0.582. The van der Waals surface area contributed by atoms with Crippen LogP contribution in [0.25, 0.3) is 0 Å². The summed E-state index contributed by atoms with van der Waals surface area (Å²) in [6.45, 7) is 4.38. The average Bonchev–Trinajstić information content (AvgIpc) is 2.39. The molecule has 0 aliphatic rings. The summed E-state index contributed by atoms with van der Waals surface area (Å²) in [5.74, 6) is 0.727. The second-order valence-corrected chi connectivity index (χ2v) is 5.72. The van der Waals surface area contributed by atoms with Gasteiger partial charge in [0.1, 0.15) is 21.9 Å². The van der Waals surface area contributed by atoms with E-state index in [-0.39, 0.29) is 11.7 Å². The van der Waals surface area contributed by atoms with Gasteiger partial charge in [-0.25, -0.2) is 9.37 Å². The largest absolute Gasteiger partial charge is 0.487 e. The molecule has 4 heteroatoms. The molecule has 0 aliphatic heterocycles. The highest BCUT2D eigenvalue weighted by Gasteiger charge is 2.07. The maximum Gasteiger partial charge on any atom is 0.138 e. The van der Waals surface area contributed by atoms with Crippen LogP contribution in [-0.2, 0) is 6.61 Å². The molecule has 1 heterocycles. The first-order valence-electron chi connectivity index (χ1n) is 6.09. The van der Waals surface area contributed by atoms with Crippen molar-refractivity contribution in [2.45, 2.75) is 26.4 Å². The summed E-state index contributed by atoms with van der Waals surface area (Å²) >= 11 is 2.14. The lowest BCUT2D eigenvalue weighted by Crippen LogP contribution is -2.00. The minimum atomic E-state index is -0.158. The van der Waals surface area contributed by atoms with Crippen molar-refractivity contribution in [2.24, 2.45) is 0 Å². The van der Waals surface area contributed by atoms with Gasteiger partial charge in [0, 0.05) is 0 Å². The minimum Gasteiger partial charge on any atom is -0.487 e. The Bertz CT molecular complexity index is 555. The van der Waals surface area contributed by atoms with E-state index in [1.54, 1.807) is 12.3 Å². The third-order valence-corrected chi connectivity index (χ3v) is 3.43. The number of hydrogen-bond acceptors (Lipinski definition) is 2. The molecule has 2 aromatic rings. The normalized spacial score (nSPS) is 10.8. The lowest BCUT2D eigenvalue weighted by Gasteiger charge is -2.10. The summed E-state index contributed by atoms with van der Waals surface area (Å²) in [6.07, 6.45) is 1.69. The number of benzene rings is 1. The van der Waals surface area contributed by atoms with Crippen molar-refractivity contribution in [3.63, 3.8) is 0 Å². The lowest BCUT2D eigenvalue weighted by atomic mass is 10.0. The summed E-state index contributed by atoms with van der Waals surface area (Å²) in [5, 5.41) is 0. The van der Waals surface area contributed by atoms with Crippen LogP contribution in [0.3, 0.4) is 0 Å². The molecule has 0 radical (unpaired) electrons. The summed E-state index contributed by atoms with van der Waals surface area (Å²) in [7, 11) is 0. The standard InChI is InChI=1S/C15H15FINO/c1-10(2)13-7-11(3-5-14(13)16)9-19-12-4-6-15(17)18-8-12/h3-8,10H,9H2,1-2H3. The molecule has 2 nitrogen and oxygen atoms in total. The Morgan fingerprint density at radius 3 is 2.68 bits per heavy atom. The zero-order valence-corrected chi connectivity index (χ0v) is 13.0. The number of ether oxygens (including phenoxy) is 1. The highest BCUT2D eigenvalue weighted by atomic mass is 127. The van der Waals surface area contributed by atoms with Crippen molar-refractivity contribution in [1.29, 1.82) is 0 Å². The highest BCUT2D eigenvalue weighted by molar-refractivity contribution is 14.1. The highest BCUT2D eigenvalue weighted by Crippen LogP contribution is 2.21. The zero-order valence-electron chi connectivity index (χ0n) is 10.9. The zero-order chi connectivity index (χ0) is 13.8. The fourth-order valence-corrected chi connectivity index (χ4v) is 2.06. The molecule has 19 heavy (non-hydrogen) atoms. The summed E-state index contributed by atoms with van der Waals surface area (Å²) < 4.78 is 20.1. The van der Waals surface area contributed by atoms with E-state index in [0.29, 0.717) is 6.61 Å². The molecule has 0 bridgehead atoms. The van der Waals surface area contributed by atoms with Gasteiger partial charge in [-0.3, -0.25) is 0 Å². The van der Waals surface area contributed by atoms with Gasteiger partial charge in [-0.05, 0) is 63.9 Å². The smallest absolute Gasteiger partial charge is 0.138 e. The van der Waals surface area contributed by atoms with Crippen LogP contribution in [0.2, 0.25) is 0 Å². The van der Waals surface area contributed by atoms with Gasteiger partial charge < -0.3 is 4.74 Å². The molecule has 0 N–H and O–H groups in total. The first-order valence-corrected chi connectivity index (χ1v) is 7.17. The van der Waals surface area contributed by atoms with Crippen molar-refractivity contribution < 1.29 is 9.13 Å². The van der Waals surface area contributed by atoms with Gasteiger partial charge in [0.2, 0.25) is 0 Å². The molecule has 0 saturated heterocycles. The number of hydrogen-bond donors (Lipinski definition) is 0. The SMILES string of the molecule is CC(C)c1cc(COc2ccc(I)nc2)ccc1F. The molecule has 0 unspecified atom stereocenters. The molecule has 2 rings (SSSR count). The third kappa shape index (κ3) is 3.89. The molecule has 0 fully saturated rings. The molecule has 1 aromatic heterocycles. The van der Waals surface area contributed by atoms with Crippen LogP contribution in [0.4, 0.5) is 4.39 Å². The van der Waals surface area contributed by atoms with Crippen LogP contribution < -0.4 is 4.74 Å². The van der Waals surface area contributed by atoms with E-state index >= 15 is 0 Å². The van der Waals surface area contributed by atoms with Crippen LogP contribution in [0.5, 0.6) is 5.75 Å². The maximum atomic E-state index is 13.6. The maximum absolute atomic E-state index is 13.6. The van der Waals surface area contributed by atoms with Gasteiger partial charge in [0.05, 0.1) is 6.20 Å². The molecule has 0 saturated carbocycles. The molecule has 0 amide bonds. The topological polar surface area (TPSA) is 22.1 Å². The van der Waals surface area contributed by atoms with Crippen LogP contribution in [0, 0.1) is 9.52 Å². The van der Waals surface area contributed by atoms with Gasteiger partial charge in [-0.15, -0.1) is 0 Å². The lowest BCUT2D eigenvalue weighted by molar-refractivity contribution is 0.304. The van der Waals surface area contributed by atoms with Gasteiger partial charge in [-0.1, -0.05) is 19.9 Å². The monoisotopic (exact) mass is 371 g/mol. The number of nitrogens with zero attached hydrogens (tertiary/aromatic N) is 1. The van der Waals surface area contributed by atoms with E-state index in [4.69, 9.17) is 4.74 Å². The van der Waals surface area contributed by atoms with E-state index in [9.17, 15) is 4.39 Å². The minimum absolute atomic E-state index is 0.158. The molecule has 100 valence electrons. The molecular formula is C15H15FINO. The Morgan fingerprint density at radius 1 is 1.26 bits per heavy atom. The Morgan fingerprint density at radius 2 is 2.05 bits per heavy atom. The number of halogens is 2. The molecular weight excluding hydrogens is 356 g/mol. The van der Waals surface area contributed by atoms with Crippen molar-refractivity contribution in [2.75, 3.05) is 0 Å². The predicted octanol–water partition coefficient (Wildman–Crippen LogP) is 4.53. The van der Waals surface area contributed by atoms with Gasteiger partial charge in [-0.2, -0.15) is 0 Å². The van der Waals surface area contributed by atoms with Crippen molar-refractivity contribution >= 4 is 22.6 Å². The van der Waals surface area contributed by atoms with Crippen LogP contribution in [0.15, 0.2) is 36.5 Å². The van der Waals surface area contributed by atoms with E-state index in [2.05, 4.69) is 27.6 Å². The first-order chi connectivity index (χ1) is 9.06. The number of aromatic nitrogens is 1. The Labute approximate surface area is 126 Å². The Hall–Kier alpha value is -1.17. The van der Waals surface area contributed by atoms with Gasteiger partial charge in [0.25, 0.3) is 0 Å². The average molecular weight is 371 g/mol. The van der Waals surface area contributed by atoms with E-state index in [0.717, 1.165) is 20.6 Å². The molecule has 1 aromatic carbocycles. The van der Waals surface area contributed by atoms with Crippen molar-refractivity contribution in [1.82, 2.24) is 4.98 Å². The molecule has 0 aliphatic carbocycles. The first kappa shape index (κ1) is 14.2. The molecule has 0 spiro atoms. The fraction of sp³-hybridized carbons (Fsp3) is 0.267. The second kappa shape index (κ2) is 6.32. The van der Waals surface area contributed by atoms with Gasteiger partial charge in [0.15, 0.2) is 0 Å². The predicted molar refractivity (Wildman–Crippen MR) is 81.8 cm³/mol. The Balaban J connectivity index is 2.07. The van der Waals surface area contributed by atoms with E-state index < -0.39 is 0 Å². The summed E-state index contributed by atoms with van der Waals surface area (Å²) in [6, 6.07) is 8.88. The van der Waals surface area contributed by atoms with E-state index in [1.807, 2.05) is 32.0 Å². The van der Waals surface area contributed by atoms with Crippen LogP contribution in [-0.4, -0.2) is 4.98 Å². The van der Waals surface area contributed by atoms with Crippen LogP contribution in [0.1, 0.15) is 30.9 Å². The van der Waals surface area contributed by atoms with Crippen LogP contribution >= 0.6 is 22.6 Å². The van der Waals surface area contributed by atoms with Gasteiger partial charge >= 0.3 is 0 Å².